The number of ether oxygens (including phenoxy) is 3. The number of benzene rings is 1. The lowest BCUT2D eigenvalue weighted by molar-refractivity contribution is -0.159. The van der Waals surface area contributed by atoms with Crippen molar-refractivity contribution < 1.29 is 23.8 Å². The molecule has 0 bridgehead atoms. The molecule has 2 aliphatic heterocycles. The van der Waals surface area contributed by atoms with Crippen molar-refractivity contribution in [3.05, 3.63) is 23.8 Å². The molecule has 0 spiro atoms. The van der Waals surface area contributed by atoms with Crippen LogP contribution in [-0.2, 0) is 20.9 Å². The van der Waals surface area contributed by atoms with Gasteiger partial charge in [0.15, 0.2) is 0 Å². The molecule has 0 aliphatic carbocycles. The number of hydrogen-bond donors (Lipinski definition) is 0. The van der Waals surface area contributed by atoms with Crippen molar-refractivity contribution in [2.75, 3.05) is 52.0 Å². The fourth-order valence-electron chi connectivity index (χ4n) is 3.17. The van der Waals surface area contributed by atoms with E-state index in [4.69, 9.17) is 14.2 Å². The highest BCUT2D eigenvalue weighted by atomic mass is 32.2. The van der Waals surface area contributed by atoms with E-state index in [1.807, 2.05) is 28.8 Å². The lowest BCUT2D eigenvalue weighted by Gasteiger charge is -2.38. The zero-order chi connectivity index (χ0) is 18.5. The second kappa shape index (κ2) is 8.64. The molecular weight excluding hydrogens is 356 g/mol. The number of morpholine rings is 1. The number of thioether (sulfide) groups is 1. The number of carbonyl (C=O) groups excluding carboxylic acids is 2. The van der Waals surface area contributed by atoms with Crippen LogP contribution in [0.15, 0.2) is 18.2 Å². The first kappa shape index (κ1) is 18.8. The first-order valence-electron chi connectivity index (χ1n) is 8.58. The fraction of sp³-hybridized carbons (Fsp3) is 0.556. The van der Waals surface area contributed by atoms with Crippen molar-refractivity contribution >= 4 is 23.6 Å². The molecule has 0 saturated carbocycles. The van der Waals surface area contributed by atoms with Crippen LogP contribution >= 0.6 is 11.8 Å². The number of nitrogens with zero attached hydrogens (tertiary/aromatic N) is 2. The molecule has 2 fully saturated rings. The van der Waals surface area contributed by atoms with Gasteiger partial charge in [-0.1, -0.05) is 0 Å². The minimum absolute atomic E-state index is 0.00188. The van der Waals surface area contributed by atoms with Gasteiger partial charge in [-0.05, 0) is 12.1 Å². The Hall–Kier alpha value is -1.93. The highest BCUT2D eigenvalue weighted by Gasteiger charge is 2.37. The summed E-state index contributed by atoms with van der Waals surface area (Å²) in [5.41, 5.74) is 0.829. The molecule has 0 radical (unpaired) electrons. The summed E-state index contributed by atoms with van der Waals surface area (Å²) in [6.45, 7) is 1.96. The summed E-state index contributed by atoms with van der Waals surface area (Å²) in [6.07, 6.45) is 0. The molecule has 2 aliphatic rings. The highest BCUT2D eigenvalue weighted by molar-refractivity contribution is 7.99. The van der Waals surface area contributed by atoms with Crippen molar-refractivity contribution in [3.8, 4) is 11.5 Å². The molecule has 1 aromatic carbocycles. The molecule has 142 valence electrons. The van der Waals surface area contributed by atoms with Gasteiger partial charge in [0, 0.05) is 36.2 Å². The second-order valence-corrected chi connectivity index (χ2v) is 7.39. The van der Waals surface area contributed by atoms with Crippen molar-refractivity contribution in [2.45, 2.75) is 12.6 Å². The highest BCUT2D eigenvalue weighted by Crippen LogP contribution is 2.27. The maximum atomic E-state index is 12.9. The summed E-state index contributed by atoms with van der Waals surface area (Å²) >= 11 is 1.84. The fourth-order valence-corrected chi connectivity index (χ4v) is 4.07. The van der Waals surface area contributed by atoms with Gasteiger partial charge in [-0.25, -0.2) is 0 Å². The van der Waals surface area contributed by atoms with Gasteiger partial charge in [0.1, 0.15) is 24.1 Å². The number of hydrogen-bond acceptors (Lipinski definition) is 6. The van der Waals surface area contributed by atoms with Crippen LogP contribution in [0.4, 0.5) is 0 Å². The molecule has 2 saturated heterocycles. The Bertz CT molecular complexity index is 663. The minimum Gasteiger partial charge on any atom is -0.497 e. The van der Waals surface area contributed by atoms with E-state index in [1.54, 1.807) is 25.2 Å². The van der Waals surface area contributed by atoms with Crippen LogP contribution in [-0.4, -0.2) is 79.7 Å². The van der Waals surface area contributed by atoms with E-state index < -0.39 is 6.04 Å². The Morgan fingerprint density at radius 2 is 2.04 bits per heavy atom. The molecule has 7 nitrogen and oxygen atoms in total. The van der Waals surface area contributed by atoms with Gasteiger partial charge in [0.25, 0.3) is 0 Å². The summed E-state index contributed by atoms with van der Waals surface area (Å²) < 4.78 is 16.0. The van der Waals surface area contributed by atoms with Crippen LogP contribution < -0.4 is 9.47 Å². The third-order valence-corrected chi connectivity index (χ3v) is 5.58. The number of carbonyl (C=O) groups is 2. The lowest BCUT2D eigenvalue weighted by Crippen LogP contribution is -2.57. The number of methoxy groups -OCH3 is 2. The summed E-state index contributed by atoms with van der Waals surface area (Å²) in [5, 5.41) is 0. The smallest absolute Gasteiger partial charge is 0.249 e. The Kier molecular flexibility index (Phi) is 6.26. The molecule has 0 aromatic heterocycles. The maximum Gasteiger partial charge on any atom is 0.249 e. The molecule has 2 amide bonds. The lowest BCUT2D eigenvalue weighted by atomic mass is 10.1. The minimum atomic E-state index is -0.592. The zero-order valence-corrected chi connectivity index (χ0v) is 15.9. The molecule has 1 aromatic rings. The van der Waals surface area contributed by atoms with Crippen LogP contribution in [0.1, 0.15) is 5.56 Å². The first-order chi connectivity index (χ1) is 12.6. The average Bonchev–Trinajstić information content (AvgIpc) is 2.69. The van der Waals surface area contributed by atoms with Crippen molar-refractivity contribution in [2.24, 2.45) is 0 Å². The van der Waals surface area contributed by atoms with E-state index >= 15 is 0 Å². The second-order valence-electron chi connectivity index (χ2n) is 6.17. The molecule has 0 unspecified atom stereocenters. The SMILES string of the molecule is COc1ccc(CN2C(=O)COC[C@H]2C(=O)N2CCSCC2)c(OC)c1. The Balaban J connectivity index is 1.80. The van der Waals surface area contributed by atoms with Gasteiger partial charge in [-0.2, -0.15) is 11.8 Å². The topological polar surface area (TPSA) is 68.3 Å². The van der Waals surface area contributed by atoms with E-state index in [2.05, 4.69) is 0 Å². The predicted molar refractivity (Wildman–Crippen MR) is 98.6 cm³/mol. The standard InChI is InChI=1S/C18H24N2O5S/c1-23-14-4-3-13(16(9-14)24-2)10-20-15(11-25-12-17(20)21)18(22)19-5-7-26-8-6-19/h3-4,9,15H,5-8,10-12H2,1-2H3/t15-/m0/s1. The average molecular weight is 380 g/mol. The van der Waals surface area contributed by atoms with Crippen LogP contribution in [0.2, 0.25) is 0 Å². The summed E-state index contributed by atoms with van der Waals surface area (Å²) in [5.74, 6) is 2.95. The van der Waals surface area contributed by atoms with E-state index in [1.165, 1.54) is 0 Å². The van der Waals surface area contributed by atoms with E-state index in [9.17, 15) is 9.59 Å². The van der Waals surface area contributed by atoms with Gasteiger partial charge in [0.2, 0.25) is 11.8 Å². The maximum absolute atomic E-state index is 12.9. The predicted octanol–water partition coefficient (Wildman–Crippen LogP) is 1.01. The Morgan fingerprint density at radius 3 is 2.73 bits per heavy atom. The summed E-state index contributed by atoms with van der Waals surface area (Å²) in [6, 6.07) is 4.87. The van der Waals surface area contributed by atoms with Gasteiger partial charge >= 0.3 is 0 Å². The quantitative estimate of drug-likeness (QED) is 0.759. The molecule has 1 atom stereocenters. The van der Waals surface area contributed by atoms with Crippen LogP contribution in [0.3, 0.4) is 0 Å². The Morgan fingerprint density at radius 1 is 1.27 bits per heavy atom. The van der Waals surface area contributed by atoms with E-state index in [0.29, 0.717) is 31.1 Å². The van der Waals surface area contributed by atoms with Crippen LogP contribution in [0.5, 0.6) is 11.5 Å². The van der Waals surface area contributed by atoms with Crippen molar-refractivity contribution in [3.63, 3.8) is 0 Å². The summed E-state index contributed by atoms with van der Waals surface area (Å²) in [4.78, 5) is 28.9. The van der Waals surface area contributed by atoms with Crippen LogP contribution in [0.25, 0.3) is 0 Å². The number of rotatable bonds is 5. The molecule has 2 heterocycles. The largest absolute Gasteiger partial charge is 0.497 e. The van der Waals surface area contributed by atoms with Gasteiger partial charge in [0.05, 0.1) is 27.4 Å². The van der Waals surface area contributed by atoms with Crippen molar-refractivity contribution in [1.29, 1.82) is 0 Å². The molecular formula is C18H24N2O5S. The third-order valence-electron chi connectivity index (χ3n) is 4.64. The molecule has 3 rings (SSSR count). The number of amides is 2. The normalized spacial score (nSPS) is 20.8. The van der Waals surface area contributed by atoms with Gasteiger partial charge < -0.3 is 24.0 Å². The monoisotopic (exact) mass is 380 g/mol. The van der Waals surface area contributed by atoms with Gasteiger partial charge in [-0.3, -0.25) is 9.59 Å². The Labute approximate surface area is 157 Å². The van der Waals surface area contributed by atoms with Crippen molar-refractivity contribution in [1.82, 2.24) is 9.80 Å². The van der Waals surface area contributed by atoms with Crippen LogP contribution in [0, 0.1) is 0 Å². The summed E-state index contributed by atoms with van der Waals surface area (Å²) in [7, 11) is 3.17. The van der Waals surface area contributed by atoms with Gasteiger partial charge in [-0.15, -0.1) is 0 Å². The molecule has 0 N–H and O–H groups in total. The first-order valence-corrected chi connectivity index (χ1v) is 9.74. The molecule has 26 heavy (non-hydrogen) atoms. The van der Waals surface area contributed by atoms with E-state index in [0.717, 1.165) is 17.1 Å². The zero-order valence-electron chi connectivity index (χ0n) is 15.1. The third kappa shape index (κ3) is 4.07. The molecule has 8 heteroatoms. The van der Waals surface area contributed by atoms with E-state index in [-0.39, 0.29) is 25.0 Å².